The van der Waals surface area contributed by atoms with Gasteiger partial charge in [0.1, 0.15) is 0 Å². The van der Waals surface area contributed by atoms with Crippen LogP contribution < -0.4 is 10.0 Å². The van der Waals surface area contributed by atoms with E-state index in [1.807, 2.05) is 0 Å². The van der Waals surface area contributed by atoms with Crippen molar-refractivity contribution < 1.29 is 35.9 Å². The smallest absolute Gasteiger partial charge is 0.416 e. The molecular formula is C19H19F3N2O5S. The Labute approximate surface area is 171 Å². The number of amides is 1. The number of nitrogens with one attached hydrogen (secondary N) is 2. The molecule has 0 saturated heterocycles. The number of aryl methyl sites for hydroxylation is 1. The highest BCUT2D eigenvalue weighted by molar-refractivity contribution is 7.89. The van der Waals surface area contributed by atoms with Crippen molar-refractivity contribution in [1.82, 2.24) is 4.72 Å². The molecule has 0 aliphatic rings. The fourth-order valence-corrected chi connectivity index (χ4v) is 3.48. The second kappa shape index (κ2) is 9.26. The second-order valence-electron chi connectivity index (χ2n) is 6.18. The van der Waals surface area contributed by atoms with Crippen molar-refractivity contribution in [3.8, 4) is 0 Å². The third kappa shape index (κ3) is 6.04. The number of benzene rings is 2. The minimum atomic E-state index is -4.50. The minimum absolute atomic E-state index is 0.0312. The summed E-state index contributed by atoms with van der Waals surface area (Å²) in [5, 5.41) is 2.31. The van der Waals surface area contributed by atoms with E-state index < -0.39 is 40.2 Å². The molecule has 0 fully saturated rings. The Hall–Kier alpha value is -2.92. The van der Waals surface area contributed by atoms with Crippen molar-refractivity contribution >= 4 is 27.6 Å². The minimum Gasteiger partial charge on any atom is -0.452 e. The molecule has 0 aliphatic heterocycles. The summed E-state index contributed by atoms with van der Waals surface area (Å²) in [4.78, 5) is 24.1. The normalized spacial score (nSPS) is 11.8. The average Bonchev–Trinajstić information content (AvgIpc) is 2.66. The highest BCUT2D eigenvalue weighted by Crippen LogP contribution is 2.29. The molecule has 0 saturated carbocycles. The number of hydrogen-bond donors (Lipinski definition) is 2. The van der Waals surface area contributed by atoms with Gasteiger partial charge in [0.15, 0.2) is 6.61 Å². The molecule has 0 heterocycles. The molecule has 30 heavy (non-hydrogen) atoms. The number of esters is 1. The Bertz CT molecular complexity index is 1040. The van der Waals surface area contributed by atoms with Gasteiger partial charge in [0.25, 0.3) is 5.91 Å². The van der Waals surface area contributed by atoms with Crippen LogP contribution in [0, 0.1) is 6.92 Å². The van der Waals surface area contributed by atoms with E-state index in [-0.39, 0.29) is 22.7 Å². The quantitative estimate of drug-likeness (QED) is 0.639. The molecule has 2 aromatic carbocycles. The third-order valence-electron chi connectivity index (χ3n) is 3.90. The fourth-order valence-electron chi connectivity index (χ4n) is 2.41. The molecule has 11 heteroatoms. The lowest BCUT2D eigenvalue weighted by molar-refractivity contribution is -0.137. The van der Waals surface area contributed by atoms with Gasteiger partial charge in [-0.2, -0.15) is 13.2 Å². The Morgan fingerprint density at radius 3 is 2.27 bits per heavy atom. The summed E-state index contributed by atoms with van der Waals surface area (Å²) in [5.41, 5.74) is -0.358. The van der Waals surface area contributed by atoms with Crippen LogP contribution in [0.15, 0.2) is 47.4 Å². The SMILES string of the molecule is CCNS(=O)(=O)c1ccc(C)c(C(=O)OCC(=O)Nc2ccc(C(F)(F)F)cc2)c1. The highest BCUT2D eigenvalue weighted by Gasteiger charge is 2.30. The van der Waals surface area contributed by atoms with Gasteiger partial charge >= 0.3 is 12.1 Å². The standard InChI is InChI=1S/C19H19F3N2O5S/c1-3-23-30(27,28)15-9-4-12(2)16(10-15)18(26)29-11-17(25)24-14-7-5-13(6-8-14)19(20,21)22/h4-10,23H,3,11H2,1-2H3,(H,24,25). The molecule has 0 spiro atoms. The molecule has 0 bridgehead atoms. The fraction of sp³-hybridized carbons (Fsp3) is 0.263. The van der Waals surface area contributed by atoms with E-state index in [0.29, 0.717) is 5.56 Å². The lowest BCUT2D eigenvalue weighted by Gasteiger charge is -2.11. The lowest BCUT2D eigenvalue weighted by Crippen LogP contribution is -2.24. The summed E-state index contributed by atoms with van der Waals surface area (Å²) in [7, 11) is -3.79. The zero-order valence-corrected chi connectivity index (χ0v) is 16.9. The number of alkyl halides is 3. The number of carbonyl (C=O) groups is 2. The molecule has 0 aliphatic carbocycles. The van der Waals surface area contributed by atoms with Crippen LogP contribution in [0.3, 0.4) is 0 Å². The van der Waals surface area contributed by atoms with Gasteiger partial charge in [-0.15, -0.1) is 0 Å². The van der Waals surface area contributed by atoms with E-state index in [1.165, 1.54) is 12.1 Å². The maximum atomic E-state index is 12.5. The first kappa shape index (κ1) is 23.4. The maximum absolute atomic E-state index is 12.5. The van der Waals surface area contributed by atoms with Gasteiger partial charge < -0.3 is 10.1 Å². The number of rotatable bonds is 7. The first-order valence-corrected chi connectivity index (χ1v) is 10.2. The summed E-state index contributed by atoms with van der Waals surface area (Å²) in [6.45, 7) is 2.64. The molecule has 2 aromatic rings. The van der Waals surface area contributed by atoms with Crippen molar-refractivity contribution in [2.45, 2.75) is 24.9 Å². The van der Waals surface area contributed by atoms with Crippen LogP contribution in [0.2, 0.25) is 0 Å². The predicted molar refractivity (Wildman–Crippen MR) is 102 cm³/mol. The lowest BCUT2D eigenvalue weighted by atomic mass is 10.1. The van der Waals surface area contributed by atoms with Crippen LogP contribution in [-0.2, 0) is 25.7 Å². The number of sulfonamides is 1. The first-order chi connectivity index (χ1) is 13.9. The van der Waals surface area contributed by atoms with Crippen LogP contribution in [-0.4, -0.2) is 33.4 Å². The Kier molecular flexibility index (Phi) is 7.21. The topological polar surface area (TPSA) is 102 Å². The largest absolute Gasteiger partial charge is 0.452 e. The number of hydrogen-bond acceptors (Lipinski definition) is 5. The summed E-state index contributed by atoms with van der Waals surface area (Å²) >= 11 is 0. The van der Waals surface area contributed by atoms with Crippen molar-refractivity contribution in [2.24, 2.45) is 0 Å². The van der Waals surface area contributed by atoms with Gasteiger partial charge in [-0.1, -0.05) is 13.0 Å². The molecule has 7 nitrogen and oxygen atoms in total. The van der Waals surface area contributed by atoms with E-state index in [4.69, 9.17) is 4.74 Å². The zero-order valence-electron chi connectivity index (χ0n) is 16.0. The number of ether oxygens (including phenoxy) is 1. The van der Waals surface area contributed by atoms with Crippen LogP contribution in [0.25, 0.3) is 0 Å². The molecule has 0 atom stereocenters. The molecule has 2 N–H and O–H groups in total. The van der Waals surface area contributed by atoms with E-state index in [9.17, 15) is 31.2 Å². The van der Waals surface area contributed by atoms with Crippen molar-refractivity contribution in [2.75, 3.05) is 18.5 Å². The van der Waals surface area contributed by atoms with Gasteiger partial charge in [0, 0.05) is 12.2 Å². The van der Waals surface area contributed by atoms with Gasteiger partial charge in [0.2, 0.25) is 10.0 Å². The van der Waals surface area contributed by atoms with E-state index in [2.05, 4.69) is 10.0 Å². The number of halogens is 3. The van der Waals surface area contributed by atoms with E-state index >= 15 is 0 Å². The molecule has 2 rings (SSSR count). The Morgan fingerprint density at radius 2 is 1.70 bits per heavy atom. The summed E-state index contributed by atoms with van der Waals surface area (Å²) in [6.07, 6.45) is -4.50. The summed E-state index contributed by atoms with van der Waals surface area (Å²) < 4.78 is 69.0. The monoisotopic (exact) mass is 444 g/mol. The van der Waals surface area contributed by atoms with E-state index in [1.54, 1.807) is 13.8 Å². The van der Waals surface area contributed by atoms with Gasteiger partial charge in [-0.3, -0.25) is 4.79 Å². The molecule has 0 unspecified atom stereocenters. The van der Waals surface area contributed by atoms with Gasteiger partial charge in [-0.25, -0.2) is 17.9 Å². The number of anilines is 1. The molecule has 0 aromatic heterocycles. The highest BCUT2D eigenvalue weighted by atomic mass is 32.2. The molecule has 162 valence electrons. The van der Waals surface area contributed by atoms with Crippen LogP contribution in [0.4, 0.5) is 18.9 Å². The first-order valence-electron chi connectivity index (χ1n) is 8.68. The number of carbonyl (C=O) groups excluding carboxylic acids is 2. The van der Waals surface area contributed by atoms with Crippen molar-refractivity contribution in [3.63, 3.8) is 0 Å². The molecular weight excluding hydrogens is 425 g/mol. The summed E-state index contributed by atoms with van der Waals surface area (Å²) in [6, 6.07) is 7.67. The zero-order chi connectivity index (χ0) is 22.5. The predicted octanol–water partition coefficient (Wildman–Crippen LogP) is 3.11. The van der Waals surface area contributed by atoms with E-state index in [0.717, 1.165) is 30.3 Å². The van der Waals surface area contributed by atoms with Crippen LogP contribution in [0.5, 0.6) is 0 Å². The molecule has 0 radical (unpaired) electrons. The second-order valence-corrected chi connectivity index (χ2v) is 7.94. The third-order valence-corrected chi connectivity index (χ3v) is 5.45. The van der Waals surface area contributed by atoms with Crippen molar-refractivity contribution in [3.05, 3.63) is 59.2 Å². The van der Waals surface area contributed by atoms with Crippen LogP contribution in [0.1, 0.15) is 28.4 Å². The maximum Gasteiger partial charge on any atom is 0.416 e. The van der Waals surface area contributed by atoms with Crippen molar-refractivity contribution in [1.29, 1.82) is 0 Å². The Balaban J connectivity index is 2.02. The summed E-state index contributed by atoms with van der Waals surface area (Å²) in [5.74, 6) is -1.68. The molecule has 1 amide bonds. The van der Waals surface area contributed by atoms with Crippen LogP contribution >= 0.6 is 0 Å². The Morgan fingerprint density at radius 1 is 1.07 bits per heavy atom. The average molecular weight is 444 g/mol. The van der Waals surface area contributed by atoms with Gasteiger partial charge in [0.05, 0.1) is 16.0 Å². The van der Waals surface area contributed by atoms with Gasteiger partial charge in [-0.05, 0) is 48.9 Å².